The first kappa shape index (κ1) is 26.2. The summed E-state index contributed by atoms with van der Waals surface area (Å²) in [6.45, 7) is 2.58. The first-order valence-corrected chi connectivity index (χ1v) is 12.8. The molecule has 10 nitrogen and oxygen atoms in total. The lowest BCUT2D eigenvalue weighted by molar-refractivity contribution is -0.385. The minimum atomic E-state index is -0.924. The molecule has 2 unspecified atom stereocenters. The Balaban J connectivity index is 1.45. The molecule has 0 aromatic heterocycles. The van der Waals surface area contributed by atoms with Crippen LogP contribution in [0.2, 0.25) is 0 Å². The fraction of sp³-hybridized carbons (Fsp3) is 0.310. The Morgan fingerprint density at radius 3 is 2.56 bits per heavy atom. The van der Waals surface area contributed by atoms with E-state index in [1.807, 2.05) is 25.1 Å². The zero-order chi connectivity index (χ0) is 27.7. The molecule has 10 heteroatoms. The van der Waals surface area contributed by atoms with Gasteiger partial charge >= 0.3 is 5.69 Å². The Morgan fingerprint density at radius 2 is 1.87 bits per heavy atom. The number of anilines is 3. The van der Waals surface area contributed by atoms with Crippen molar-refractivity contribution in [1.82, 2.24) is 0 Å². The molecule has 5 rings (SSSR count). The van der Waals surface area contributed by atoms with Crippen LogP contribution in [-0.4, -0.2) is 36.6 Å². The number of primary amides is 1. The van der Waals surface area contributed by atoms with Crippen LogP contribution in [0.5, 0.6) is 5.75 Å². The second-order valence-electron chi connectivity index (χ2n) is 10.1. The molecule has 2 heterocycles. The maximum absolute atomic E-state index is 13.2. The smallest absolute Gasteiger partial charge is 0.310 e. The van der Waals surface area contributed by atoms with E-state index in [0.29, 0.717) is 34.6 Å². The molecule has 0 spiro atoms. The predicted octanol–water partition coefficient (Wildman–Crippen LogP) is 5.28. The number of hydrogen-bond acceptors (Lipinski definition) is 7. The highest BCUT2D eigenvalue weighted by Crippen LogP contribution is 2.40. The Hall–Kier alpha value is -4.44. The predicted molar refractivity (Wildman–Crippen MR) is 148 cm³/mol. The fourth-order valence-corrected chi connectivity index (χ4v) is 5.20. The van der Waals surface area contributed by atoms with Crippen molar-refractivity contribution in [2.45, 2.75) is 44.1 Å². The van der Waals surface area contributed by atoms with Crippen molar-refractivity contribution in [2.24, 2.45) is 5.73 Å². The van der Waals surface area contributed by atoms with Crippen molar-refractivity contribution in [3.05, 3.63) is 75.8 Å². The van der Waals surface area contributed by atoms with Gasteiger partial charge in [0.25, 0.3) is 5.91 Å². The van der Waals surface area contributed by atoms with Crippen LogP contribution in [0.25, 0.3) is 11.1 Å². The highest BCUT2D eigenvalue weighted by Gasteiger charge is 2.35. The lowest BCUT2D eigenvalue weighted by Gasteiger charge is -2.28. The molecule has 3 aromatic carbocycles. The minimum Gasteiger partial charge on any atom is -0.490 e. The summed E-state index contributed by atoms with van der Waals surface area (Å²) in [5, 5.41) is 17.5. The van der Waals surface area contributed by atoms with E-state index in [1.54, 1.807) is 30.3 Å². The molecule has 202 valence electrons. The van der Waals surface area contributed by atoms with Gasteiger partial charge in [0.1, 0.15) is 0 Å². The average Bonchev–Trinajstić information content (AvgIpc) is 3.41. The maximum atomic E-state index is 13.2. The number of nitrogens with two attached hydrogens (primary N) is 1. The van der Waals surface area contributed by atoms with Crippen LogP contribution in [0.3, 0.4) is 0 Å². The molecule has 0 bridgehead atoms. The molecule has 0 saturated carbocycles. The molecule has 2 aliphatic heterocycles. The van der Waals surface area contributed by atoms with Gasteiger partial charge in [0, 0.05) is 12.7 Å². The molecule has 1 saturated heterocycles. The van der Waals surface area contributed by atoms with Crippen molar-refractivity contribution in [2.75, 3.05) is 24.4 Å². The number of benzene rings is 3. The zero-order valence-electron chi connectivity index (χ0n) is 21.8. The number of carbonyl (C=O) groups is 2. The Morgan fingerprint density at radius 1 is 1.10 bits per heavy atom. The summed E-state index contributed by atoms with van der Waals surface area (Å²) in [6, 6.07) is 15.4. The third-order valence-electron chi connectivity index (χ3n) is 7.68. The summed E-state index contributed by atoms with van der Waals surface area (Å²) in [7, 11) is 1.38. The molecular formula is C29H30N4O6. The number of methoxy groups -OCH3 is 1. The number of amides is 2. The van der Waals surface area contributed by atoms with Crippen LogP contribution in [0, 0.1) is 10.1 Å². The van der Waals surface area contributed by atoms with Crippen LogP contribution in [0.1, 0.15) is 48.5 Å². The van der Waals surface area contributed by atoms with E-state index >= 15 is 0 Å². The van der Waals surface area contributed by atoms with Crippen LogP contribution in [0.4, 0.5) is 22.7 Å². The third-order valence-corrected chi connectivity index (χ3v) is 7.68. The van der Waals surface area contributed by atoms with E-state index in [0.717, 1.165) is 37.0 Å². The molecule has 39 heavy (non-hydrogen) atoms. The topological polar surface area (TPSA) is 146 Å². The monoisotopic (exact) mass is 530 g/mol. The van der Waals surface area contributed by atoms with E-state index < -0.39 is 16.2 Å². The Kier molecular flexibility index (Phi) is 6.96. The summed E-state index contributed by atoms with van der Waals surface area (Å²) >= 11 is 0. The van der Waals surface area contributed by atoms with Gasteiger partial charge in [0.05, 0.1) is 46.2 Å². The van der Waals surface area contributed by atoms with Gasteiger partial charge in [-0.25, -0.2) is 0 Å². The lowest BCUT2D eigenvalue weighted by atomic mass is 9.77. The van der Waals surface area contributed by atoms with Crippen LogP contribution in [-0.2, 0) is 14.9 Å². The SMILES string of the molecule is COc1cc(-c2ccc3c(c2)Nc2ccc(C(C)(CCC4CCCO4)C(N)=O)cc2NC3=O)ccc1[N+](=O)[O-]. The van der Waals surface area contributed by atoms with Gasteiger partial charge in [-0.15, -0.1) is 0 Å². The second kappa shape index (κ2) is 10.4. The summed E-state index contributed by atoms with van der Waals surface area (Å²) in [5.41, 5.74) is 9.20. The van der Waals surface area contributed by atoms with Gasteiger partial charge < -0.3 is 25.8 Å². The molecule has 2 amide bonds. The summed E-state index contributed by atoms with van der Waals surface area (Å²) in [6.07, 6.45) is 3.39. The first-order valence-electron chi connectivity index (χ1n) is 12.8. The number of fused-ring (bicyclic) bond motifs is 2. The van der Waals surface area contributed by atoms with Gasteiger partial charge in [0.15, 0.2) is 5.75 Å². The second-order valence-corrected chi connectivity index (χ2v) is 10.1. The van der Waals surface area contributed by atoms with E-state index in [2.05, 4.69) is 10.6 Å². The maximum Gasteiger partial charge on any atom is 0.310 e. The molecular weight excluding hydrogens is 500 g/mol. The summed E-state index contributed by atoms with van der Waals surface area (Å²) in [5.74, 6) is -0.589. The first-order chi connectivity index (χ1) is 18.7. The Bertz CT molecular complexity index is 1470. The lowest BCUT2D eigenvalue weighted by Crippen LogP contribution is -2.39. The quantitative estimate of drug-likeness (QED) is 0.265. The van der Waals surface area contributed by atoms with E-state index in [1.165, 1.54) is 13.2 Å². The highest BCUT2D eigenvalue weighted by molar-refractivity contribution is 6.12. The highest BCUT2D eigenvalue weighted by atomic mass is 16.6. The number of hydrogen-bond donors (Lipinski definition) is 3. The molecule has 4 N–H and O–H groups in total. The number of nitrogens with one attached hydrogen (secondary N) is 2. The van der Waals surface area contributed by atoms with Crippen molar-refractivity contribution < 1.29 is 24.0 Å². The number of ether oxygens (including phenoxy) is 2. The van der Waals surface area contributed by atoms with E-state index in [-0.39, 0.29) is 23.4 Å². The van der Waals surface area contributed by atoms with Crippen molar-refractivity contribution in [1.29, 1.82) is 0 Å². The van der Waals surface area contributed by atoms with Crippen molar-refractivity contribution in [3.63, 3.8) is 0 Å². The van der Waals surface area contributed by atoms with Crippen molar-refractivity contribution >= 4 is 34.6 Å². The number of carbonyl (C=O) groups excluding carboxylic acids is 2. The van der Waals surface area contributed by atoms with Gasteiger partial charge in [-0.1, -0.05) is 12.1 Å². The third kappa shape index (κ3) is 5.03. The fourth-order valence-electron chi connectivity index (χ4n) is 5.20. The molecule has 2 atom stereocenters. The Labute approximate surface area is 225 Å². The van der Waals surface area contributed by atoms with Gasteiger partial charge in [0.2, 0.25) is 5.91 Å². The van der Waals surface area contributed by atoms with Gasteiger partial charge in [-0.2, -0.15) is 0 Å². The van der Waals surface area contributed by atoms with Crippen LogP contribution < -0.4 is 21.1 Å². The standard InChI is InChI=1S/C29H30N4O6/c1-29(28(30)35,12-11-20-4-3-13-39-20)19-7-9-22-24(16-19)32-27(34)21-8-5-17(14-23(21)31-22)18-6-10-25(33(36)37)26(15-18)38-2/h5-10,14-16,20,31H,3-4,11-13H2,1-2H3,(H2,30,35)(H,32,34). The molecule has 0 aliphatic carbocycles. The average molecular weight is 531 g/mol. The summed E-state index contributed by atoms with van der Waals surface area (Å²) in [4.78, 5) is 36.6. The molecule has 1 fully saturated rings. The summed E-state index contributed by atoms with van der Waals surface area (Å²) < 4.78 is 10.9. The van der Waals surface area contributed by atoms with Crippen LogP contribution in [0.15, 0.2) is 54.6 Å². The number of nitro groups is 1. The number of rotatable bonds is 8. The van der Waals surface area contributed by atoms with Crippen LogP contribution >= 0.6 is 0 Å². The number of nitro benzene ring substituents is 1. The van der Waals surface area contributed by atoms with Gasteiger partial charge in [-0.3, -0.25) is 19.7 Å². The van der Waals surface area contributed by atoms with E-state index in [9.17, 15) is 19.7 Å². The molecule has 2 aliphatic rings. The normalized spacial score (nSPS) is 17.6. The zero-order valence-corrected chi connectivity index (χ0v) is 21.8. The minimum absolute atomic E-state index is 0.128. The van der Waals surface area contributed by atoms with E-state index in [4.69, 9.17) is 15.2 Å². The van der Waals surface area contributed by atoms with Crippen molar-refractivity contribution in [3.8, 4) is 16.9 Å². The molecule has 3 aromatic rings. The molecule has 0 radical (unpaired) electrons. The van der Waals surface area contributed by atoms with Gasteiger partial charge in [-0.05, 0) is 85.7 Å². The number of nitrogens with zero attached hydrogens (tertiary/aromatic N) is 1. The largest absolute Gasteiger partial charge is 0.490 e.